The fourth-order valence-corrected chi connectivity index (χ4v) is 6.33. The van der Waals surface area contributed by atoms with Gasteiger partial charge in [-0.15, -0.1) is 11.8 Å². The van der Waals surface area contributed by atoms with E-state index in [1.165, 1.54) is 30.8 Å². The number of thioether (sulfide) groups is 1. The lowest BCUT2D eigenvalue weighted by Gasteiger charge is -2.35. The van der Waals surface area contributed by atoms with Crippen molar-refractivity contribution >= 4 is 40.1 Å². The molecule has 11 heteroatoms. The normalized spacial score (nSPS) is 21.3. The predicted octanol–water partition coefficient (Wildman–Crippen LogP) is 4.92. The number of carbonyl (C=O) groups is 1. The lowest BCUT2D eigenvalue weighted by atomic mass is 9.94. The van der Waals surface area contributed by atoms with Gasteiger partial charge in [0.05, 0.1) is 21.4 Å². The number of benzene rings is 2. The number of nitrogens with zero attached hydrogens (tertiary/aromatic N) is 2. The molecule has 184 valence electrons. The first kappa shape index (κ1) is 24.9. The smallest absolute Gasteiger partial charge is 0.309 e. The highest BCUT2D eigenvalue weighted by Crippen LogP contribution is 2.50. The minimum atomic E-state index is -2.69. The van der Waals surface area contributed by atoms with E-state index in [2.05, 4.69) is 0 Å². The summed E-state index contributed by atoms with van der Waals surface area (Å²) in [7, 11) is 0.150. The Morgan fingerprint density at radius 1 is 1.29 bits per heavy atom. The molecular weight excluding hydrogens is 489 g/mol. The van der Waals surface area contributed by atoms with E-state index in [0.29, 0.717) is 40.0 Å². The van der Waals surface area contributed by atoms with Gasteiger partial charge >= 0.3 is 5.97 Å². The number of hydrogen-bond acceptors (Lipinski definition) is 5. The summed E-state index contributed by atoms with van der Waals surface area (Å²) in [4.78, 5) is 14.1. The number of hydrogen-bond donors (Lipinski definition) is 1. The van der Waals surface area contributed by atoms with Crippen molar-refractivity contribution in [3.8, 4) is 5.75 Å². The first-order chi connectivity index (χ1) is 16.0. The minimum absolute atomic E-state index is 0.126. The van der Waals surface area contributed by atoms with Crippen LogP contribution in [0.25, 0.3) is 0 Å². The van der Waals surface area contributed by atoms with Crippen LogP contribution >= 0.6 is 11.8 Å². The van der Waals surface area contributed by atoms with Crippen molar-refractivity contribution in [2.45, 2.75) is 40.7 Å². The van der Waals surface area contributed by atoms with Crippen LogP contribution in [-0.2, 0) is 15.8 Å². The molecule has 1 aliphatic heterocycles. The van der Waals surface area contributed by atoms with Crippen molar-refractivity contribution < 1.29 is 32.0 Å². The number of rotatable bonds is 7. The van der Waals surface area contributed by atoms with E-state index in [1.807, 2.05) is 4.90 Å². The lowest BCUT2D eigenvalue weighted by molar-refractivity contribution is -0.142. The van der Waals surface area contributed by atoms with Crippen molar-refractivity contribution in [2.75, 3.05) is 31.6 Å². The van der Waals surface area contributed by atoms with E-state index < -0.39 is 34.6 Å². The van der Waals surface area contributed by atoms with Crippen LogP contribution in [-0.4, -0.2) is 57.5 Å². The quantitative estimate of drug-likeness (QED) is 0.566. The Bertz CT molecular complexity index is 1110. The van der Waals surface area contributed by atoms with Crippen molar-refractivity contribution in [2.24, 2.45) is 5.92 Å². The molecule has 1 N–H and O–H groups in total. The maximum Gasteiger partial charge on any atom is 0.309 e. The van der Waals surface area contributed by atoms with Gasteiger partial charge in [0.15, 0.2) is 0 Å². The summed E-state index contributed by atoms with van der Waals surface area (Å²) in [5.74, 6) is -4.62. The summed E-state index contributed by atoms with van der Waals surface area (Å²) >= 11 is 1.24. The molecule has 0 amide bonds. The molecule has 2 unspecified atom stereocenters. The molecule has 1 aliphatic carbocycles. The Hall–Kier alpha value is -2.24. The van der Waals surface area contributed by atoms with Gasteiger partial charge in [0.1, 0.15) is 29.2 Å². The van der Waals surface area contributed by atoms with Gasteiger partial charge < -0.3 is 14.7 Å². The second-order valence-corrected chi connectivity index (χ2v) is 11.5. The van der Waals surface area contributed by atoms with Gasteiger partial charge in [0.25, 0.3) is 0 Å². The first-order valence-corrected chi connectivity index (χ1v) is 12.8. The average molecular weight is 515 g/mol. The number of fused-ring (bicyclic) bond motifs is 1. The molecule has 34 heavy (non-hydrogen) atoms. The maximum absolute atomic E-state index is 14.0. The molecule has 0 saturated heterocycles. The molecule has 0 aromatic heterocycles. The van der Waals surface area contributed by atoms with E-state index >= 15 is 0 Å². The predicted molar refractivity (Wildman–Crippen MR) is 125 cm³/mol. The summed E-state index contributed by atoms with van der Waals surface area (Å²) in [5.41, 5.74) is 1.15. The molecule has 6 nitrogen and oxygen atoms in total. The number of alkyl halides is 2. The topological polar surface area (TPSA) is 70.1 Å². The number of aliphatic carboxylic acids is 1. The highest BCUT2D eigenvalue weighted by molar-refractivity contribution is 8.00. The summed E-state index contributed by atoms with van der Waals surface area (Å²) in [6.45, 7) is 2.24. The van der Waals surface area contributed by atoms with Crippen LogP contribution < -0.4 is 9.64 Å². The number of carboxylic acids is 1. The lowest BCUT2D eigenvalue weighted by Crippen LogP contribution is -2.37. The number of likely N-dealkylation sites (N-methyl/N-ethyl adjacent to an activating group) is 1. The van der Waals surface area contributed by atoms with Gasteiger partial charge in [0.2, 0.25) is 5.92 Å². The zero-order valence-corrected chi connectivity index (χ0v) is 20.3. The van der Waals surface area contributed by atoms with Crippen LogP contribution in [0, 0.1) is 11.7 Å². The van der Waals surface area contributed by atoms with Crippen LogP contribution in [0.1, 0.15) is 19.8 Å². The van der Waals surface area contributed by atoms with E-state index in [4.69, 9.17) is 4.74 Å². The fourth-order valence-electron chi connectivity index (χ4n) is 3.77. The Labute approximate surface area is 202 Å². The van der Waals surface area contributed by atoms with Crippen molar-refractivity contribution in [1.29, 1.82) is 0 Å². The number of ether oxygens (including phenoxy) is 1. The molecule has 1 fully saturated rings. The third-order valence-corrected chi connectivity index (χ3v) is 8.49. The van der Waals surface area contributed by atoms with Crippen LogP contribution in [0.15, 0.2) is 46.2 Å². The van der Waals surface area contributed by atoms with Crippen LogP contribution in [0.4, 0.5) is 24.5 Å². The zero-order chi connectivity index (χ0) is 24.6. The third kappa shape index (κ3) is 5.36. The van der Waals surface area contributed by atoms with E-state index in [1.54, 1.807) is 35.6 Å². The monoisotopic (exact) mass is 514 g/mol. The summed E-state index contributed by atoms with van der Waals surface area (Å²) < 4.78 is 61.7. The zero-order valence-electron chi connectivity index (χ0n) is 18.7. The molecule has 2 aromatic rings. The second-order valence-electron chi connectivity index (χ2n) is 8.55. The summed E-state index contributed by atoms with van der Waals surface area (Å²) in [6, 6.07) is 9.39. The summed E-state index contributed by atoms with van der Waals surface area (Å²) in [5, 5.41) is 8.88. The molecule has 1 saturated carbocycles. The van der Waals surface area contributed by atoms with E-state index in [0.717, 1.165) is 0 Å². The second kappa shape index (κ2) is 9.79. The molecule has 2 aliphatic rings. The highest BCUT2D eigenvalue weighted by Gasteiger charge is 2.46. The molecule has 1 heterocycles. The van der Waals surface area contributed by atoms with Gasteiger partial charge in [-0.05, 0) is 31.2 Å². The van der Waals surface area contributed by atoms with Crippen LogP contribution in [0.2, 0.25) is 0 Å². The molecule has 0 spiro atoms. The Morgan fingerprint density at radius 2 is 2.03 bits per heavy atom. The van der Waals surface area contributed by atoms with E-state index in [9.17, 15) is 27.3 Å². The Morgan fingerprint density at radius 3 is 2.68 bits per heavy atom. The molecular formula is C23H25F3N2O4S2. The van der Waals surface area contributed by atoms with Gasteiger partial charge in [-0.2, -0.15) is 0 Å². The third-order valence-electron chi connectivity index (χ3n) is 5.80. The number of carboxylic acid groups (broad SMARTS) is 1. The van der Waals surface area contributed by atoms with Crippen molar-refractivity contribution in [3.05, 3.63) is 42.2 Å². The Kier molecular flexibility index (Phi) is 7.16. The SMILES string of the molecule is CC(COc1cc2c(cc1SC1CC(F)(F)C1)N(c1cccc(F)c1)CCN(C)S2=O)C(=O)O. The van der Waals surface area contributed by atoms with Crippen molar-refractivity contribution in [1.82, 2.24) is 4.31 Å². The molecule has 2 atom stereocenters. The highest BCUT2D eigenvalue weighted by atomic mass is 32.2. The van der Waals surface area contributed by atoms with Gasteiger partial charge in [-0.3, -0.25) is 4.79 Å². The molecule has 2 aromatic carbocycles. The first-order valence-electron chi connectivity index (χ1n) is 10.8. The standard InChI is InChI=1S/C23H25F3N2O4S2/c1-14(22(29)30)13-32-19-10-21-18(9-20(19)33-17-11-23(25,26)12-17)28(7-6-27(2)34(21)31)16-5-3-4-15(24)8-16/h3-5,8-10,14,17H,6-7,11-13H2,1-2H3,(H,29,30). The average Bonchev–Trinajstić information content (AvgIpc) is 2.87. The van der Waals surface area contributed by atoms with Crippen molar-refractivity contribution in [3.63, 3.8) is 0 Å². The number of anilines is 2. The minimum Gasteiger partial charge on any atom is -0.491 e. The van der Waals surface area contributed by atoms with Crippen LogP contribution in [0.3, 0.4) is 0 Å². The van der Waals surface area contributed by atoms with Crippen LogP contribution in [0.5, 0.6) is 5.75 Å². The van der Waals surface area contributed by atoms with Gasteiger partial charge in [-0.25, -0.2) is 21.7 Å². The Balaban J connectivity index is 1.77. The van der Waals surface area contributed by atoms with Gasteiger partial charge in [0, 0.05) is 50.0 Å². The molecule has 4 rings (SSSR count). The largest absolute Gasteiger partial charge is 0.491 e. The number of halogens is 3. The molecule has 0 radical (unpaired) electrons. The van der Waals surface area contributed by atoms with E-state index in [-0.39, 0.29) is 24.7 Å². The maximum atomic E-state index is 14.0. The fraction of sp³-hybridized carbons (Fsp3) is 0.435. The molecule has 0 bridgehead atoms. The van der Waals surface area contributed by atoms with Gasteiger partial charge in [-0.1, -0.05) is 6.07 Å². The summed E-state index contributed by atoms with van der Waals surface area (Å²) in [6.07, 6.45) is -0.524.